The van der Waals surface area contributed by atoms with Crippen molar-refractivity contribution >= 4 is 30.9 Å². The third-order valence-corrected chi connectivity index (χ3v) is 0. The fourth-order valence-electron chi connectivity index (χ4n) is 0. The first-order valence-corrected chi connectivity index (χ1v) is 2.35. The third-order valence-electron chi connectivity index (χ3n) is 0. The van der Waals surface area contributed by atoms with Gasteiger partial charge in [-0.15, -0.1) is 0 Å². The highest BCUT2D eigenvalue weighted by Gasteiger charge is 2.00. The summed E-state index contributed by atoms with van der Waals surface area (Å²) in [6, 6.07) is 0. The summed E-state index contributed by atoms with van der Waals surface area (Å²) in [4.78, 5) is 21.6. The maximum absolute atomic E-state index is 8.88. The molecule has 0 radical (unpaired) electrons. The van der Waals surface area contributed by atoms with Crippen molar-refractivity contribution in [3.63, 3.8) is 0 Å². The first-order chi connectivity index (χ1) is 2.00. The minimum absolute atomic E-state index is 0. The maximum Gasteiger partial charge on any atom is 0.466 e. The van der Waals surface area contributed by atoms with Crippen LogP contribution in [0.3, 0.4) is 0 Å². The molecule has 0 aliphatic heterocycles. The van der Waals surface area contributed by atoms with Gasteiger partial charge in [-0.25, -0.2) is 4.57 Å². The van der Waals surface area contributed by atoms with E-state index in [4.69, 9.17) is 19.2 Å². The Morgan fingerprint density at radius 1 is 1.12 bits per heavy atom. The first-order valence-electron chi connectivity index (χ1n) is 0.783. The zero-order valence-corrected chi connectivity index (χ0v) is 4.30. The van der Waals surface area contributed by atoms with Crippen LogP contribution in [0.25, 0.3) is 0 Å². The SMILES string of the molecule is N.O.O=P(O)(O)O.[MgH2]. The Kier molecular flexibility index (Phi) is 22.6. The molecule has 0 atom stereocenters. The van der Waals surface area contributed by atoms with Gasteiger partial charge in [-0.3, -0.25) is 0 Å². The molecule has 6 nitrogen and oxygen atoms in total. The Morgan fingerprint density at radius 3 is 1.12 bits per heavy atom. The number of rotatable bonds is 0. The molecule has 0 aromatic heterocycles. The molecule has 0 heterocycles. The lowest BCUT2D eigenvalue weighted by Gasteiger charge is -1.82. The highest BCUT2D eigenvalue weighted by Crippen LogP contribution is 2.25. The first kappa shape index (κ1) is 23.2. The van der Waals surface area contributed by atoms with Crippen molar-refractivity contribution in [2.75, 3.05) is 0 Å². The van der Waals surface area contributed by atoms with E-state index in [1.165, 1.54) is 0 Å². The molecule has 0 aliphatic rings. The molecular formula is H10MgNO5P. The minimum atomic E-state index is -4.64. The van der Waals surface area contributed by atoms with Crippen LogP contribution in [0.5, 0.6) is 0 Å². The van der Waals surface area contributed by atoms with E-state index in [2.05, 4.69) is 0 Å². The Balaban J connectivity index is -0.0000000267. The van der Waals surface area contributed by atoms with Gasteiger partial charge in [0.15, 0.2) is 0 Å². The lowest BCUT2D eigenvalue weighted by atomic mass is 14.0. The smallest absolute Gasteiger partial charge is 0.412 e. The fourth-order valence-corrected chi connectivity index (χ4v) is 0. The van der Waals surface area contributed by atoms with Gasteiger partial charge >= 0.3 is 30.9 Å². The molecule has 0 bridgehead atoms. The highest BCUT2D eigenvalue weighted by atomic mass is 31.2. The van der Waals surface area contributed by atoms with Crippen LogP contribution in [-0.4, -0.2) is 43.2 Å². The Labute approximate surface area is 62.2 Å². The summed E-state index contributed by atoms with van der Waals surface area (Å²) in [5.74, 6) is 0. The lowest BCUT2D eigenvalue weighted by molar-refractivity contribution is 0.275. The van der Waals surface area contributed by atoms with E-state index in [0.717, 1.165) is 0 Å². The van der Waals surface area contributed by atoms with Crippen molar-refractivity contribution in [1.82, 2.24) is 6.15 Å². The van der Waals surface area contributed by atoms with Crippen LogP contribution >= 0.6 is 7.82 Å². The quantitative estimate of drug-likeness (QED) is 0.228. The van der Waals surface area contributed by atoms with Crippen LogP contribution in [-0.2, 0) is 4.57 Å². The molecule has 0 fully saturated rings. The molecule has 0 unspecified atom stereocenters. The molecule has 0 saturated heterocycles. The van der Waals surface area contributed by atoms with E-state index >= 15 is 0 Å². The summed E-state index contributed by atoms with van der Waals surface area (Å²) in [7, 11) is -4.64. The van der Waals surface area contributed by atoms with Gasteiger partial charge in [0.25, 0.3) is 0 Å². The summed E-state index contributed by atoms with van der Waals surface area (Å²) in [5.41, 5.74) is 0. The van der Waals surface area contributed by atoms with Crippen LogP contribution in [0.2, 0.25) is 0 Å². The lowest BCUT2D eigenvalue weighted by Crippen LogP contribution is -1.66. The van der Waals surface area contributed by atoms with Crippen LogP contribution < -0.4 is 6.15 Å². The largest absolute Gasteiger partial charge is 0.466 e. The second kappa shape index (κ2) is 7.80. The molecule has 8 heteroatoms. The van der Waals surface area contributed by atoms with Gasteiger partial charge in [-0.05, 0) is 0 Å². The second-order valence-electron chi connectivity index (χ2n) is 0.513. The van der Waals surface area contributed by atoms with Crippen molar-refractivity contribution in [2.45, 2.75) is 0 Å². The zero-order chi connectivity index (χ0) is 4.50. The van der Waals surface area contributed by atoms with E-state index in [9.17, 15) is 0 Å². The zero-order valence-electron chi connectivity index (χ0n) is 3.40. The number of hydrogen-bond acceptors (Lipinski definition) is 2. The third kappa shape index (κ3) is 360. The molecule has 0 aliphatic carbocycles. The van der Waals surface area contributed by atoms with Crippen LogP contribution in [0.1, 0.15) is 0 Å². The van der Waals surface area contributed by atoms with E-state index in [1.54, 1.807) is 0 Å². The molecule has 0 rings (SSSR count). The van der Waals surface area contributed by atoms with Crippen LogP contribution in [0.15, 0.2) is 0 Å². The summed E-state index contributed by atoms with van der Waals surface area (Å²) >= 11 is 0. The Morgan fingerprint density at radius 2 is 1.12 bits per heavy atom. The standard InChI is InChI=1S/Mg.H3N.H3O4P.H2O.2H/c;;1-5(2,3)4;;;/h;1H3;(H3,1,2,3,4);1H2;;. The monoisotopic (exact) mass is 159 g/mol. The molecule has 0 aromatic carbocycles. The van der Waals surface area contributed by atoms with Gasteiger partial charge in [0.1, 0.15) is 0 Å². The number of hydrogen-bond donors (Lipinski definition) is 4. The van der Waals surface area contributed by atoms with Crippen LogP contribution in [0, 0.1) is 0 Å². The summed E-state index contributed by atoms with van der Waals surface area (Å²) < 4.78 is 8.88. The molecule has 52 valence electrons. The molecule has 0 spiro atoms. The van der Waals surface area contributed by atoms with Gasteiger partial charge in [0.2, 0.25) is 0 Å². The average Bonchev–Trinajstić information content (AvgIpc) is 0.722. The van der Waals surface area contributed by atoms with E-state index in [-0.39, 0.29) is 34.7 Å². The van der Waals surface area contributed by atoms with E-state index in [1.807, 2.05) is 0 Å². The van der Waals surface area contributed by atoms with Crippen molar-refractivity contribution < 1.29 is 24.7 Å². The highest BCUT2D eigenvalue weighted by molar-refractivity contribution is 7.45. The predicted octanol–water partition coefficient (Wildman–Crippen LogP) is -2.51. The minimum Gasteiger partial charge on any atom is -0.412 e. The molecule has 8 N–H and O–H groups in total. The second-order valence-corrected chi connectivity index (χ2v) is 1.54. The number of phosphoric acid groups is 1. The summed E-state index contributed by atoms with van der Waals surface area (Å²) in [6.45, 7) is 0. The molecular weight excluding hydrogens is 149 g/mol. The summed E-state index contributed by atoms with van der Waals surface area (Å²) in [6.07, 6.45) is 0. The normalized spacial score (nSPS) is 7.38. The van der Waals surface area contributed by atoms with Gasteiger partial charge in [0, 0.05) is 0 Å². The van der Waals surface area contributed by atoms with Crippen molar-refractivity contribution in [3.05, 3.63) is 0 Å². The molecule has 0 aromatic rings. The van der Waals surface area contributed by atoms with E-state index in [0.29, 0.717) is 0 Å². The molecule has 8 heavy (non-hydrogen) atoms. The van der Waals surface area contributed by atoms with Crippen molar-refractivity contribution in [3.8, 4) is 0 Å². The Hall–Kier alpha value is 0.796. The Bertz CT molecular complexity index is 58.6. The van der Waals surface area contributed by atoms with Gasteiger partial charge in [0.05, 0.1) is 0 Å². The van der Waals surface area contributed by atoms with Gasteiger partial charge in [-0.1, -0.05) is 0 Å². The van der Waals surface area contributed by atoms with Crippen molar-refractivity contribution in [1.29, 1.82) is 0 Å². The molecule has 0 amide bonds. The topological polar surface area (TPSA) is 144 Å². The maximum atomic E-state index is 8.88. The van der Waals surface area contributed by atoms with Crippen LogP contribution in [0.4, 0.5) is 0 Å². The van der Waals surface area contributed by atoms with Crippen molar-refractivity contribution in [2.24, 2.45) is 0 Å². The molecule has 0 saturated carbocycles. The summed E-state index contributed by atoms with van der Waals surface area (Å²) in [5, 5.41) is 0. The van der Waals surface area contributed by atoms with Gasteiger partial charge < -0.3 is 26.3 Å². The fraction of sp³-hybridized carbons (Fsp3) is 0. The van der Waals surface area contributed by atoms with Gasteiger partial charge in [-0.2, -0.15) is 0 Å². The average molecular weight is 159 g/mol. The van der Waals surface area contributed by atoms with E-state index < -0.39 is 7.82 Å². The predicted molar refractivity (Wildman–Crippen MR) is 31.4 cm³/mol.